The Balaban J connectivity index is 2.65. The van der Waals surface area contributed by atoms with Crippen LogP contribution in [0.5, 0.6) is 0 Å². The molecule has 1 aromatic heterocycles. The van der Waals surface area contributed by atoms with Gasteiger partial charge in [0.15, 0.2) is 0 Å². The molecule has 0 fully saturated rings. The minimum atomic E-state index is 0.561. The summed E-state index contributed by atoms with van der Waals surface area (Å²) in [5, 5.41) is 0. The molecular formula is C12H12BrN3S. The van der Waals surface area contributed by atoms with Crippen LogP contribution in [0.4, 0.5) is 5.95 Å². The molecular weight excluding hydrogens is 298 g/mol. The van der Waals surface area contributed by atoms with Gasteiger partial charge in [-0.3, -0.25) is 0 Å². The average Bonchev–Trinajstić information content (AvgIpc) is 2.33. The summed E-state index contributed by atoms with van der Waals surface area (Å²) in [6.45, 7) is 0. The number of aromatic amines is 1. The van der Waals surface area contributed by atoms with E-state index >= 15 is 0 Å². The molecule has 0 unspecified atom stereocenters. The van der Waals surface area contributed by atoms with Crippen LogP contribution in [-0.4, -0.2) is 24.1 Å². The van der Waals surface area contributed by atoms with Gasteiger partial charge in [0.05, 0.1) is 10.2 Å². The molecule has 0 bridgehead atoms. The Kier molecular flexibility index (Phi) is 3.59. The number of aromatic nitrogens is 2. The molecule has 1 N–H and O–H groups in total. The predicted molar refractivity (Wildman–Crippen MR) is 76.9 cm³/mol. The van der Waals surface area contributed by atoms with Gasteiger partial charge in [-0.25, -0.2) is 4.98 Å². The second-order valence-corrected chi connectivity index (χ2v) is 4.99. The van der Waals surface area contributed by atoms with Crippen molar-refractivity contribution in [2.45, 2.75) is 0 Å². The van der Waals surface area contributed by atoms with E-state index < -0.39 is 0 Å². The highest BCUT2D eigenvalue weighted by Gasteiger charge is 2.09. The van der Waals surface area contributed by atoms with E-state index in [9.17, 15) is 0 Å². The van der Waals surface area contributed by atoms with Crippen molar-refractivity contribution in [2.24, 2.45) is 0 Å². The third-order valence-corrected chi connectivity index (χ3v) is 3.67. The topological polar surface area (TPSA) is 31.9 Å². The van der Waals surface area contributed by atoms with E-state index in [1.54, 1.807) is 0 Å². The molecule has 1 aromatic carbocycles. The van der Waals surface area contributed by atoms with Gasteiger partial charge >= 0.3 is 0 Å². The van der Waals surface area contributed by atoms with Gasteiger partial charge in [-0.05, 0) is 21.5 Å². The third kappa shape index (κ3) is 2.56. The maximum atomic E-state index is 5.24. The van der Waals surface area contributed by atoms with Gasteiger partial charge in [-0.15, -0.1) is 0 Å². The monoisotopic (exact) mass is 309 g/mol. The quantitative estimate of drug-likeness (QED) is 0.860. The first-order valence-corrected chi connectivity index (χ1v) is 6.32. The lowest BCUT2D eigenvalue weighted by Crippen LogP contribution is -2.13. The summed E-state index contributed by atoms with van der Waals surface area (Å²) >= 11 is 8.73. The van der Waals surface area contributed by atoms with Crippen LogP contribution in [-0.2, 0) is 0 Å². The van der Waals surface area contributed by atoms with Crippen molar-refractivity contribution in [1.82, 2.24) is 9.97 Å². The van der Waals surface area contributed by atoms with E-state index in [4.69, 9.17) is 12.2 Å². The summed E-state index contributed by atoms with van der Waals surface area (Å²) < 4.78 is 1.38. The molecule has 0 aliphatic heterocycles. The van der Waals surface area contributed by atoms with Crippen LogP contribution in [0.25, 0.3) is 11.3 Å². The number of H-pyrrole nitrogens is 1. The van der Waals surface area contributed by atoms with Gasteiger partial charge in [0.25, 0.3) is 0 Å². The van der Waals surface area contributed by atoms with Gasteiger partial charge in [0.2, 0.25) is 5.95 Å². The van der Waals surface area contributed by atoms with E-state index in [0.717, 1.165) is 21.7 Å². The van der Waals surface area contributed by atoms with Crippen molar-refractivity contribution in [3.63, 3.8) is 0 Å². The molecule has 0 aliphatic rings. The number of hydrogen-bond donors (Lipinski definition) is 1. The van der Waals surface area contributed by atoms with Crippen molar-refractivity contribution in [3.05, 3.63) is 39.4 Å². The minimum absolute atomic E-state index is 0.561. The number of rotatable bonds is 2. The Labute approximate surface area is 114 Å². The van der Waals surface area contributed by atoms with Gasteiger partial charge in [-0.2, -0.15) is 0 Å². The first-order valence-electron chi connectivity index (χ1n) is 5.12. The fraction of sp³-hybridized carbons (Fsp3) is 0.167. The smallest absolute Gasteiger partial charge is 0.204 e. The molecule has 2 rings (SSSR count). The fourth-order valence-corrected chi connectivity index (χ4v) is 2.07. The second-order valence-electron chi connectivity index (χ2n) is 3.81. The van der Waals surface area contributed by atoms with Crippen LogP contribution in [0.3, 0.4) is 0 Å². The summed E-state index contributed by atoms with van der Waals surface area (Å²) in [5.41, 5.74) is 2.03. The third-order valence-electron chi connectivity index (χ3n) is 2.34. The van der Waals surface area contributed by atoms with Crippen LogP contribution >= 0.6 is 28.1 Å². The van der Waals surface area contributed by atoms with E-state index in [2.05, 4.69) is 25.9 Å². The Morgan fingerprint density at radius 1 is 1.24 bits per heavy atom. The van der Waals surface area contributed by atoms with E-state index in [0.29, 0.717) is 4.64 Å². The summed E-state index contributed by atoms with van der Waals surface area (Å²) in [5.74, 6) is 0.747. The van der Waals surface area contributed by atoms with Gasteiger partial charge in [0, 0.05) is 14.1 Å². The second kappa shape index (κ2) is 4.98. The van der Waals surface area contributed by atoms with Crippen molar-refractivity contribution in [2.75, 3.05) is 19.0 Å². The lowest BCUT2D eigenvalue weighted by atomic mass is 10.1. The molecule has 0 radical (unpaired) electrons. The number of nitrogens with one attached hydrogen (secondary N) is 1. The molecule has 2 aromatic rings. The zero-order chi connectivity index (χ0) is 12.4. The molecule has 5 heteroatoms. The van der Waals surface area contributed by atoms with Crippen LogP contribution < -0.4 is 4.90 Å². The maximum absolute atomic E-state index is 5.24. The zero-order valence-corrected chi connectivity index (χ0v) is 12.0. The summed E-state index contributed by atoms with van der Waals surface area (Å²) in [7, 11) is 3.85. The lowest BCUT2D eigenvalue weighted by Gasteiger charge is -2.14. The van der Waals surface area contributed by atoms with Crippen molar-refractivity contribution in [1.29, 1.82) is 0 Å². The van der Waals surface area contributed by atoms with Crippen LogP contribution in [0.2, 0.25) is 0 Å². The maximum Gasteiger partial charge on any atom is 0.204 e. The molecule has 3 nitrogen and oxygen atoms in total. The van der Waals surface area contributed by atoms with Crippen LogP contribution in [0.15, 0.2) is 34.8 Å². The summed E-state index contributed by atoms with van der Waals surface area (Å²) in [6.07, 6.45) is 0. The zero-order valence-electron chi connectivity index (χ0n) is 9.57. The van der Waals surface area contributed by atoms with Crippen LogP contribution in [0, 0.1) is 4.64 Å². The van der Waals surface area contributed by atoms with Gasteiger partial charge < -0.3 is 9.88 Å². The van der Waals surface area contributed by atoms with E-state index in [1.165, 1.54) is 0 Å². The number of nitrogens with zero attached hydrogens (tertiary/aromatic N) is 2. The van der Waals surface area contributed by atoms with Gasteiger partial charge in [0.1, 0.15) is 4.64 Å². The molecule has 0 saturated heterocycles. The Bertz CT molecular complexity index is 578. The highest BCUT2D eigenvalue weighted by molar-refractivity contribution is 9.10. The Morgan fingerprint density at radius 3 is 2.47 bits per heavy atom. The largest absolute Gasteiger partial charge is 0.348 e. The molecule has 88 valence electrons. The summed E-state index contributed by atoms with van der Waals surface area (Å²) in [6, 6.07) is 10.0. The summed E-state index contributed by atoms with van der Waals surface area (Å²) in [4.78, 5) is 9.46. The minimum Gasteiger partial charge on any atom is -0.348 e. The Hall–Kier alpha value is -1.20. The number of halogens is 1. The van der Waals surface area contributed by atoms with Crippen LogP contribution in [0.1, 0.15) is 0 Å². The average molecular weight is 310 g/mol. The standard InChI is InChI=1S/C12H12BrN3S/c1-16(2)12-14-10(9(13)11(17)15-12)8-6-4-3-5-7-8/h3-7H,1-2H3,(H,14,15,17). The molecule has 0 spiro atoms. The first kappa shape index (κ1) is 12.3. The Morgan fingerprint density at radius 2 is 1.88 bits per heavy atom. The molecule has 0 saturated carbocycles. The van der Waals surface area contributed by atoms with Crippen molar-refractivity contribution >= 4 is 34.1 Å². The number of hydrogen-bond acceptors (Lipinski definition) is 3. The highest BCUT2D eigenvalue weighted by Crippen LogP contribution is 2.27. The van der Waals surface area contributed by atoms with Crippen molar-refractivity contribution < 1.29 is 0 Å². The predicted octanol–water partition coefficient (Wildman–Crippen LogP) is 3.63. The fourth-order valence-electron chi connectivity index (χ4n) is 1.46. The molecule has 17 heavy (non-hydrogen) atoms. The molecule has 0 amide bonds. The highest BCUT2D eigenvalue weighted by atomic mass is 79.9. The van der Waals surface area contributed by atoms with Gasteiger partial charge in [-0.1, -0.05) is 42.5 Å². The van der Waals surface area contributed by atoms with E-state index in [-0.39, 0.29) is 0 Å². The number of benzene rings is 1. The number of anilines is 1. The first-order chi connectivity index (χ1) is 8.09. The SMILES string of the molecule is CN(C)c1nc(=S)c(Br)c(-c2ccccc2)[nH]1. The van der Waals surface area contributed by atoms with Crippen molar-refractivity contribution in [3.8, 4) is 11.3 Å². The lowest BCUT2D eigenvalue weighted by molar-refractivity contribution is 0.990. The van der Waals surface area contributed by atoms with E-state index in [1.807, 2.05) is 49.3 Å². The molecule has 0 aliphatic carbocycles. The normalized spacial score (nSPS) is 10.3. The molecule has 1 heterocycles. The molecule has 0 atom stereocenters.